The van der Waals surface area contributed by atoms with E-state index in [0.717, 1.165) is 0 Å². The van der Waals surface area contributed by atoms with Crippen LogP contribution in [0.25, 0.3) is 0 Å². The van der Waals surface area contributed by atoms with Gasteiger partial charge in [-0.3, -0.25) is 9.78 Å². The van der Waals surface area contributed by atoms with Gasteiger partial charge in [0, 0.05) is 6.42 Å². The Morgan fingerprint density at radius 3 is 2.85 bits per heavy atom. The van der Waals surface area contributed by atoms with E-state index in [9.17, 15) is 4.79 Å². The van der Waals surface area contributed by atoms with E-state index in [1.165, 1.54) is 0 Å². The van der Waals surface area contributed by atoms with E-state index < -0.39 is 0 Å². The summed E-state index contributed by atoms with van der Waals surface area (Å²) in [5.74, 6) is -0.232. The Balaban J connectivity index is 2.46. The quantitative estimate of drug-likeness (QED) is 0.760. The molecular formula is C8H9BrN2O2. The Kier molecular flexibility index (Phi) is 3.82. The lowest BCUT2D eigenvalue weighted by Gasteiger charge is -2.01. The lowest BCUT2D eigenvalue weighted by atomic mass is 10.4. The van der Waals surface area contributed by atoms with Crippen molar-refractivity contribution >= 4 is 21.9 Å². The maximum atomic E-state index is 10.8. The fourth-order valence-corrected chi connectivity index (χ4v) is 0.875. The highest BCUT2D eigenvalue weighted by Crippen LogP contribution is 2.03. The zero-order chi connectivity index (χ0) is 9.68. The molecular weight excluding hydrogens is 236 g/mol. The average Bonchev–Trinajstić information content (AvgIpc) is 2.16. The highest BCUT2D eigenvalue weighted by Gasteiger charge is 2.00. The second kappa shape index (κ2) is 4.91. The normalized spacial score (nSPS) is 9.69. The third-order valence-electron chi connectivity index (χ3n) is 1.34. The topological polar surface area (TPSA) is 52.1 Å². The van der Waals surface area contributed by atoms with Crippen LogP contribution in [-0.2, 0) is 16.1 Å². The average molecular weight is 245 g/mol. The summed E-state index contributed by atoms with van der Waals surface area (Å²) in [5, 5.41) is 0. The predicted molar refractivity (Wildman–Crippen MR) is 49.8 cm³/mol. The first-order valence-electron chi connectivity index (χ1n) is 3.84. The van der Waals surface area contributed by atoms with Gasteiger partial charge in [-0.2, -0.15) is 0 Å². The molecule has 0 unspecified atom stereocenters. The first kappa shape index (κ1) is 10.1. The number of esters is 1. The Bertz CT molecular complexity index is 287. The molecule has 0 bridgehead atoms. The number of aromatic nitrogens is 2. The van der Waals surface area contributed by atoms with Crippen LogP contribution >= 0.6 is 15.9 Å². The maximum absolute atomic E-state index is 10.8. The van der Waals surface area contributed by atoms with Gasteiger partial charge in [-0.15, -0.1) is 0 Å². The molecule has 0 amide bonds. The maximum Gasteiger partial charge on any atom is 0.305 e. The third kappa shape index (κ3) is 3.50. The summed E-state index contributed by atoms with van der Waals surface area (Å²) in [6.07, 6.45) is 3.51. The summed E-state index contributed by atoms with van der Waals surface area (Å²) in [6, 6.07) is 0. The van der Waals surface area contributed by atoms with Gasteiger partial charge in [0.1, 0.15) is 11.2 Å². The molecule has 0 radical (unpaired) electrons. The third-order valence-corrected chi connectivity index (χ3v) is 1.75. The summed E-state index contributed by atoms with van der Waals surface area (Å²) in [4.78, 5) is 18.7. The molecule has 13 heavy (non-hydrogen) atoms. The van der Waals surface area contributed by atoms with Gasteiger partial charge >= 0.3 is 5.97 Å². The highest BCUT2D eigenvalue weighted by molar-refractivity contribution is 9.10. The minimum atomic E-state index is -0.232. The lowest BCUT2D eigenvalue weighted by Crippen LogP contribution is -2.03. The Labute approximate surface area is 84.5 Å². The van der Waals surface area contributed by atoms with E-state index in [1.54, 1.807) is 19.3 Å². The van der Waals surface area contributed by atoms with Crippen molar-refractivity contribution in [3.8, 4) is 0 Å². The summed E-state index contributed by atoms with van der Waals surface area (Å²) in [7, 11) is 0. The summed E-state index contributed by atoms with van der Waals surface area (Å²) in [6.45, 7) is 1.93. The van der Waals surface area contributed by atoms with Crippen molar-refractivity contribution < 1.29 is 9.53 Å². The second-order valence-electron chi connectivity index (χ2n) is 2.34. The van der Waals surface area contributed by atoms with E-state index in [1.807, 2.05) is 0 Å². The minimum absolute atomic E-state index is 0.187. The number of hydrogen-bond donors (Lipinski definition) is 0. The summed E-state index contributed by atoms with van der Waals surface area (Å²) in [5.41, 5.74) is 0.644. The molecule has 1 rings (SSSR count). The van der Waals surface area contributed by atoms with Crippen molar-refractivity contribution in [1.82, 2.24) is 9.97 Å². The smallest absolute Gasteiger partial charge is 0.305 e. The number of rotatable bonds is 3. The number of carbonyl (C=O) groups excluding carboxylic acids is 1. The summed E-state index contributed by atoms with van der Waals surface area (Å²) >= 11 is 3.16. The van der Waals surface area contributed by atoms with Gasteiger partial charge in [0.2, 0.25) is 0 Å². The number of carbonyl (C=O) groups is 1. The van der Waals surface area contributed by atoms with Crippen molar-refractivity contribution in [2.24, 2.45) is 0 Å². The first-order valence-corrected chi connectivity index (χ1v) is 4.63. The van der Waals surface area contributed by atoms with Gasteiger partial charge < -0.3 is 4.74 Å². The molecule has 0 aliphatic rings. The Morgan fingerprint density at radius 2 is 2.31 bits per heavy atom. The molecule has 0 N–H and O–H groups in total. The highest BCUT2D eigenvalue weighted by atomic mass is 79.9. The van der Waals surface area contributed by atoms with Crippen molar-refractivity contribution in [3.63, 3.8) is 0 Å². The van der Waals surface area contributed by atoms with Gasteiger partial charge in [-0.1, -0.05) is 6.92 Å². The molecule has 0 aliphatic heterocycles. The van der Waals surface area contributed by atoms with Gasteiger partial charge in [-0.25, -0.2) is 4.98 Å². The van der Waals surface area contributed by atoms with Crippen LogP contribution < -0.4 is 0 Å². The van der Waals surface area contributed by atoms with Crippen molar-refractivity contribution in [1.29, 1.82) is 0 Å². The van der Waals surface area contributed by atoms with Gasteiger partial charge in [-0.05, 0) is 15.9 Å². The molecule has 4 nitrogen and oxygen atoms in total. The van der Waals surface area contributed by atoms with Gasteiger partial charge in [0.15, 0.2) is 0 Å². The molecule has 1 aromatic heterocycles. The largest absolute Gasteiger partial charge is 0.459 e. The fraction of sp³-hybridized carbons (Fsp3) is 0.375. The van der Waals surface area contributed by atoms with Crippen LogP contribution in [0.2, 0.25) is 0 Å². The van der Waals surface area contributed by atoms with Crippen molar-refractivity contribution in [3.05, 3.63) is 22.7 Å². The van der Waals surface area contributed by atoms with Gasteiger partial charge in [0.25, 0.3) is 0 Å². The van der Waals surface area contributed by atoms with E-state index in [-0.39, 0.29) is 12.6 Å². The fourth-order valence-electron chi connectivity index (χ4n) is 0.670. The van der Waals surface area contributed by atoms with Crippen LogP contribution in [0.5, 0.6) is 0 Å². The van der Waals surface area contributed by atoms with E-state index in [4.69, 9.17) is 4.74 Å². The first-order chi connectivity index (χ1) is 6.22. The van der Waals surface area contributed by atoms with E-state index in [2.05, 4.69) is 25.9 Å². The summed E-state index contributed by atoms with van der Waals surface area (Å²) < 4.78 is 5.53. The molecule has 0 atom stereocenters. The number of hydrogen-bond acceptors (Lipinski definition) is 4. The molecule has 5 heteroatoms. The van der Waals surface area contributed by atoms with E-state index in [0.29, 0.717) is 16.7 Å². The molecule has 0 aromatic carbocycles. The minimum Gasteiger partial charge on any atom is -0.459 e. The van der Waals surface area contributed by atoms with Crippen LogP contribution in [0, 0.1) is 0 Å². The monoisotopic (exact) mass is 244 g/mol. The lowest BCUT2D eigenvalue weighted by molar-refractivity contribution is -0.144. The van der Waals surface area contributed by atoms with E-state index >= 15 is 0 Å². The molecule has 1 aromatic rings. The molecule has 0 spiro atoms. The van der Waals surface area contributed by atoms with Crippen LogP contribution in [-0.4, -0.2) is 15.9 Å². The van der Waals surface area contributed by atoms with Crippen LogP contribution in [0.4, 0.5) is 0 Å². The molecule has 0 aliphatic carbocycles. The standard InChI is InChI=1S/C8H9BrN2O2/c1-2-8(12)13-5-6-3-11-7(9)4-10-6/h3-4H,2,5H2,1H3. The predicted octanol–water partition coefficient (Wildman–Crippen LogP) is 1.69. The van der Waals surface area contributed by atoms with Crippen molar-refractivity contribution in [2.75, 3.05) is 0 Å². The number of nitrogens with zero attached hydrogens (tertiary/aromatic N) is 2. The Morgan fingerprint density at radius 1 is 1.54 bits per heavy atom. The molecule has 70 valence electrons. The van der Waals surface area contributed by atoms with Crippen LogP contribution in [0.1, 0.15) is 19.0 Å². The van der Waals surface area contributed by atoms with Crippen molar-refractivity contribution in [2.45, 2.75) is 20.0 Å². The Hall–Kier alpha value is -0.970. The molecule has 0 saturated carbocycles. The number of halogens is 1. The molecule has 1 heterocycles. The second-order valence-corrected chi connectivity index (χ2v) is 3.16. The number of ether oxygens (including phenoxy) is 1. The van der Waals surface area contributed by atoms with Crippen LogP contribution in [0.15, 0.2) is 17.0 Å². The SMILES string of the molecule is CCC(=O)OCc1cnc(Br)cn1. The zero-order valence-corrected chi connectivity index (χ0v) is 8.74. The molecule has 0 saturated heterocycles. The van der Waals surface area contributed by atoms with Crippen LogP contribution in [0.3, 0.4) is 0 Å². The van der Waals surface area contributed by atoms with Gasteiger partial charge in [0.05, 0.1) is 18.1 Å². The molecule has 0 fully saturated rings. The zero-order valence-electron chi connectivity index (χ0n) is 7.16.